The minimum absolute atomic E-state index is 0.0448. The van der Waals surface area contributed by atoms with Crippen molar-refractivity contribution in [1.82, 2.24) is 10.0 Å². The molecule has 25 heavy (non-hydrogen) atoms. The van der Waals surface area contributed by atoms with E-state index in [1.165, 1.54) is 12.1 Å². The Morgan fingerprint density at radius 1 is 1.36 bits per heavy atom. The van der Waals surface area contributed by atoms with Crippen LogP contribution in [0.1, 0.15) is 38.2 Å². The fraction of sp³-hybridized carbons (Fsp3) is 0.588. The van der Waals surface area contributed by atoms with Gasteiger partial charge in [-0.25, -0.2) is 13.1 Å². The van der Waals surface area contributed by atoms with Crippen LogP contribution in [0.15, 0.2) is 29.2 Å². The van der Waals surface area contributed by atoms with Gasteiger partial charge in [-0.15, -0.1) is 0 Å². The number of carbonyl (C=O) groups excluding carboxylic acids is 1. The van der Waals surface area contributed by atoms with Gasteiger partial charge in [0.15, 0.2) is 0 Å². The van der Waals surface area contributed by atoms with Gasteiger partial charge in [0.1, 0.15) is 0 Å². The van der Waals surface area contributed by atoms with Crippen molar-refractivity contribution >= 4 is 15.9 Å². The summed E-state index contributed by atoms with van der Waals surface area (Å²) in [6, 6.07) is 5.93. The summed E-state index contributed by atoms with van der Waals surface area (Å²) in [6.45, 7) is 3.27. The molecule has 1 amide bonds. The SMILES string of the molecule is CCCC(N)C(=O)NCc1ccc(S(=O)(=O)NCC2CCCO2)cc1. The Balaban J connectivity index is 1.86. The van der Waals surface area contributed by atoms with Crippen LogP contribution >= 0.6 is 0 Å². The maximum atomic E-state index is 12.3. The highest BCUT2D eigenvalue weighted by atomic mass is 32.2. The minimum atomic E-state index is -3.55. The first-order valence-electron chi connectivity index (χ1n) is 8.66. The molecule has 1 aromatic carbocycles. The van der Waals surface area contributed by atoms with Crippen LogP contribution in [-0.2, 0) is 26.1 Å². The first-order valence-corrected chi connectivity index (χ1v) is 10.1. The Hall–Kier alpha value is -1.48. The first kappa shape index (κ1) is 19.8. The van der Waals surface area contributed by atoms with E-state index in [1.807, 2.05) is 6.92 Å². The number of hydrogen-bond acceptors (Lipinski definition) is 5. The number of benzene rings is 1. The summed E-state index contributed by atoms with van der Waals surface area (Å²) in [5.74, 6) is -0.197. The molecule has 2 rings (SSSR count). The van der Waals surface area contributed by atoms with Crippen molar-refractivity contribution in [2.75, 3.05) is 13.2 Å². The predicted octanol–water partition coefficient (Wildman–Crippen LogP) is 0.888. The van der Waals surface area contributed by atoms with Crippen molar-refractivity contribution in [2.24, 2.45) is 5.73 Å². The first-order chi connectivity index (χ1) is 11.9. The molecule has 4 N–H and O–H groups in total. The van der Waals surface area contributed by atoms with Crippen LogP contribution in [0.5, 0.6) is 0 Å². The lowest BCUT2D eigenvalue weighted by molar-refractivity contribution is -0.122. The summed E-state index contributed by atoms with van der Waals surface area (Å²) >= 11 is 0. The van der Waals surface area contributed by atoms with Gasteiger partial charge < -0.3 is 15.8 Å². The zero-order chi connectivity index (χ0) is 18.3. The number of rotatable bonds is 9. The molecule has 8 heteroatoms. The van der Waals surface area contributed by atoms with Crippen LogP contribution in [0.25, 0.3) is 0 Å². The number of hydrogen-bond donors (Lipinski definition) is 3. The smallest absolute Gasteiger partial charge is 0.240 e. The molecule has 1 aliphatic rings. The van der Waals surface area contributed by atoms with E-state index in [-0.39, 0.29) is 23.5 Å². The summed E-state index contributed by atoms with van der Waals surface area (Å²) in [6.07, 6.45) is 3.28. The molecule has 7 nitrogen and oxygen atoms in total. The Kier molecular flexibility index (Phi) is 7.37. The zero-order valence-electron chi connectivity index (χ0n) is 14.5. The predicted molar refractivity (Wildman–Crippen MR) is 95.3 cm³/mol. The van der Waals surface area contributed by atoms with Crippen LogP contribution < -0.4 is 15.8 Å². The molecule has 1 fully saturated rings. The van der Waals surface area contributed by atoms with Gasteiger partial charge in [0.25, 0.3) is 0 Å². The molecule has 2 unspecified atom stereocenters. The number of sulfonamides is 1. The van der Waals surface area contributed by atoms with Crippen LogP contribution in [0.4, 0.5) is 0 Å². The highest BCUT2D eigenvalue weighted by Crippen LogP contribution is 2.14. The molecule has 0 spiro atoms. The van der Waals surface area contributed by atoms with E-state index in [0.29, 0.717) is 19.6 Å². The second-order valence-corrected chi connectivity index (χ2v) is 8.01. The van der Waals surface area contributed by atoms with Gasteiger partial charge in [0, 0.05) is 19.7 Å². The summed E-state index contributed by atoms with van der Waals surface area (Å²) < 4.78 is 32.5. The van der Waals surface area contributed by atoms with E-state index in [1.54, 1.807) is 12.1 Å². The number of nitrogens with two attached hydrogens (primary N) is 1. The van der Waals surface area contributed by atoms with Crippen molar-refractivity contribution in [3.05, 3.63) is 29.8 Å². The van der Waals surface area contributed by atoms with Gasteiger partial charge in [0.05, 0.1) is 17.0 Å². The second kappa shape index (κ2) is 9.28. The van der Waals surface area contributed by atoms with Crippen LogP contribution in [0, 0.1) is 0 Å². The van der Waals surface area contributed by atoms with E-state index in [2.05, 4.69) is 10.0 Å². The Bertz CT molecular complexity index is 655. The molecule has 1 heterocycles. The van der Waals surface area contributed by atoms with Crippen LogP contribution in [-0.4, -0.2) is 39.6 Å². The van der Waals surface area contributed by atoms with E-state index < -0.39 is 16.1 Å². The lowest BCUT2D eigenvalue weighted by Gasteiger charge is -2.13. The fourth-order valence-electron chi connectivity index (χ4n) is 2.64. The Morgan fingerprint density at radius 3 is 2.68 bits per heavy atom. The monoisotopic (exact) mass is 369 g/mol. The largest absolute Gasteiger partial charge is 0.377 e. The van der Waals surface area contributed by atoms with E-state index in [9.17, 15) is 13.2 Å². The Morgan fingerprint density at radius 2 is 2.08 bits per heavy atom. The molecule has 1 aliphatic heterocycles. The van der Waals surface area contributed by atoms with Gasteiger partial charge in [-0.2, -0.15) is 0 Å². The number of ether oxygens (including phenoxy) is 1. The molecule has 0 bridgehead atoms. The van der Waals surface area contributed by atoms with Crippen molar-refractivity contribution < 1.29 is 17.9 Å². The fourth-order valence-corrected chi connectivity index (χ4v) is 3.71. The van der Waals surface area contributed by atoms with E-state index in [0.717, 1.165) is 24.8 Å². The molecule has 0 radical (unpaired) electrons. The average Bonchev–Trinajstić information content (AvgIpc) is 3.12. The minimum Gasteiger partial charge on any atom is -0.377 e. The normalized spacial score (nSPS) is 18.9. The zero-order valence-corrected chi connectivity index (χ0v) is 15.3. The molecule has 2 atom stereocenters. The molecule has 0 saturated carbocycles. The van der Waals surface area contributed by atoms with Gasteiger partial charge >= 0.3 is 0 Å². The highest BCUT2D eigenvalue weighted by Gasteiger charge is 2.20. The lowest BCUT2D eigenvalue weighted by atomic mass is 10.1. The molecule has 1 saturated heterocycles. The molecular weight excluding hydrogens is 342 g/mol. The highest BCUT2D eigenvalue weighted by molar-refractivity contribution is 7.89. The summed E-state index contributed by atoms with van der Waals surface area (Å²) in [7, 11) is -3.55. The third-order valence-corrected chi connectivity index (χ3v) is 5.60. The summed E-state index contributed by atoms with van der Waals surface area (Å²) in [4.78, 5) is 12.0. The molecular formula is C17H27N3O4S. The molecule has 1 aromatic rings. The van der Waals surface area contributed by atoms with E-state index in [4.69, 9.17) is 10.5 Å². The van der Waals surface area contributed by atoms with E-state index >= 15 is 0 Å². The molecule has 0 aliphatic carbocycles. The topological polar surface area (TPSA) is 111 Å². The summed E-state index contributed by atoms with van der Waals surface area (Å²) in [5.41, 5.74) is 6.56. The van der Waals surface area contributed by atoms with Crippen molar-refractivity contribution in [2.45, 2.75) is 56.2 Å². The van der Waals surface area contributed by atoms with Crippen molar-refractivity contribution in [1.29, 1.82) is 0 Å². The summed E-state index contributed by atoms with van der Waals surface area (Å²) in [5, 5.41) is 2.76. The van der Waals surface area contributed by atoms with Gasteiger partial charge in [0.2, 0.25) is 15.9 Å². The van der Waals surface area contributed by atoms with Gasteiger partial charge in [-0.3, -0.25) is 4.79 Å². The molecule has 0 aromatic heterocycles. The van der Waals surface area contributed by atoms with Crippen molar-refractivity contribution in [3.8, 4) is 0 Å². The standard InChI is InChI=1S/C17H27N3O4S/c1-2-4-16(18)17(21)19-11-13-6-8-15(9-7-13)25(22,23)20-12-14-5-3-10-24-14/h6-9,14,16,20H,2-5,10-12,18H2,1H3,(H,19,21). The molecule has 140 valence electrons. The van der Waals surface area contributed by atoms with Gasteiger partial charge in [-0.05, 0) is 37.0 Å². The number of carbonyl (C=O) groups is 1. The Labute approximate surface area is 149 Å². The quantitative estimate of drug-likeness (QED) is 0.599. The lowest BCUT2D eigenvalue weighted by Crippen LogP contribution is -2.40. The number of nitrogens with one attached hydrogen (secondary N) is 2. The second-order valence-electron chi connectivity index (χ2n) is 6.24. The van der Waals surface area contributed by atoms with Crippen molar-refractivity contribution in [3.63, 3.8) is 0 Å². The van der Waals surface area contributed by atoms with Crippen LogP contribution in [0.3, 0.4) is 0 Å². The number of amides is 1. The van der Waals surface area contributed by atoms with Gasteiger partial charge in [-0.1, -0.05) is 25.5 Å². The third kappa shape index (κ3) is 6.07. The maximum absolute atomic E-state index is 12.3. The third-order valence-electron chi connectivity index (χ3n) is 4.16. The average molecular weight is 369 g/mol. The maximum Gasteiger partial charge on any atom is 0.240 e. The van der Waals surface area contributed by atoms with Crippen LogP contribution in [0.2, 0.25) is 0 Å².